The molecule has 186 valence electrons. The third-order valence-electron chi connectivity index (χ3n) is 6.14. The Balaban J connectivity index is 1.90. The van der Waals surface area contributed by atoms with Crippen LogP contribution in [0.25, 0.3) is 22.1 Å². The Morgan fingerprint density at radius 2 is 2.03 bits per heavy atom. The number of benzene rings is 1. The first-order valence-electron chi connectivity index (χ1n) is 11.2. The van der Waals surface area contributed by atoms with Crippen LogP contribution in [0.15, 0.2) is 28.9 Å². The molecule has 0 radical (unpaired) electrons. The summed E-state index contributed by atoms with van der Waals surface area (Å²) < 4.78 is 11.5. The van der Waals surface area contributed by atoms with Gasteiger partial charge in [0.15, 0.2) is 11.3 Å². The number of methoxy groups -OCH3 is 1. The Kier molecular flexibility index (Phi) is 7.81. The van der Waals surface area contributed by atoms with Gasteiger partial charge >= 0.3 is 0 Å². The molecule has 0 bridgehead atoms. The Labute approximate surface area is 212 Å². The van der Waals surface area contributed by atoms with E-state index in [2.05, 4.69) is 10.3 Å². The highest BCUT2D eigenvalue weighted by Crippen LogP contribution is 2.44. The van der Waals surface area contributed by atoms with Gasteiger partial charge in [0.05, 0.1) is 22.7 Å². The number of hydrogen-bond acceptors (Lipinski definition) is 7. The van der Waals surface area contributed by atoms with Gasteiger partial charge in [0, 0.05) is 55.6 Å². The molecule has 1 aliphatic heterocycles. The Bertz CT molecular complexity index is 1240. The highest BCUT2D eigenvalue weighted by molar-refractivity contribution is 6.39. The van der Waals surface area contributed by atoms with E-state index >= 15 is 0 Å². The average Bonchev–Trinajstić information content (AvgIpc) is 3.25. The zero-order chi connectivity index (χ0) is 25.1. The van der Waals surface area contributed by atoms with Gasteiger partial charge in [0.25, 0.3) is 11.8 Å². The summed E-state index contributed by atoms with van der Waals surface area (Å²) >= 11 is 12.8. The third kappa shape index (κ3) is 4.81. The lowest BCUT2D eigenvalue weighted by Gasteiger charge is -2.36. The molecule has 0 spiro atoms. The number of piperazine rings is 1. The predicted octanol–water partition coefficient (Wildman–Crippen LogP) is 3.49. The fourth-order valence-electron chi connectivity index (χ4n) is 4.51. The van der Waals surface area contributed by atoms with Gasteiger partial charge in [-0.15, -0.1) is 0 Å². The van der Waals surface area contributed by atoms with Crippen LogP contribution in [0.2, 0.25) is 10.0 Å². The number of primary amides is 1. The number of rotatable bonds is 8. The first-order chi connectivity index (χ1) is 16.9. The minimum Gasteiger partial charge on any atom is -0.493 e. The minimum atomic E-state index is -0.824. The van der Waals surface area contributed by atoms with Gasteiger partial charge in [-0.05, 0) is 37.0 Å². The maximum Gasteiger partial charge on any atom is 0.290 e. The number of unbranched alkanes of at least 4 members (excludes halogenated alkanes) is 1. The Hall–Kier alpha value is -2.85. The standard InChI is InChI=1S/C24H26Cl2N4O5/c1-34-17-6-5-14(18-15(25)11-29-12-16(18)26)19-20(23(27)32)22(35-21(17)19)24(33)30-8-7-28-10-13(30)4-2-3-9-31/h5-6,11-13,28,31H,2-4,7-10H2,1H3,(H2,27,32). The van der Waals surface area contributed by atoms with Gasteiger partial charge in [-0.1, -0.05) is 23.2 Å². The summed E-state index contributed by atoms with van der Waals surface area (Å²) in [6.07, 6.45) is 4.97. The van der Waals surface area contributed by atoms with Crippen molar-refractivity contribution >= 4 is 46.0 Å². The van der Waals surface area contributed by atoms with Gasteiger partial charge in [-0.3, -0.25) is 14.6 Å². The minimum absolute atomic E-state index is 0.0597. The number of aromatic nitrogens is 1. The first-order valence-corrected chi connectivity index (χ1v) is 12.0. The van der Waals surface area contributed by atoms with Gasteiger partial charge in [-0.25, -0.2) is 0 Å². The molecular weight excluding hydrogens is 495 g/mol. The van der Waals surface area contributed by atoms with E-state index < -0.39 is 11.8 Å². The van der Waals surface area contributed by atoms with Crippen molar-refractivity contribution in [1.29, 1.82) is 0 Å². The van der Waals surface area contributed by atoms with Crippen molar-refractivity contribution in [2.75, 3.05) is 33.4 Å². The van der Waals surface area contributed by atoms with Crippen LogP contribution in [0.1, 0.15) is 40.2 Å². The molecule has 3 aromatic rings. The predicted molar refractivity (Wildman–Crippen MR) is 133 cm³/mol. The number of amides is 2. The van der Waals surface area contributed by atoms with E-state index in [1.165, 1.54) is 19.5 Å². The van der Waals surface area contributed by atoms with Gasteiger partial charge in [0.2, 0.25) is 5.76 Å². The highest BCUT2D eigenvalue weighted by atomic mass is 35.5. The smallest absolute Gasteiger partial charge is 0.290 e. The number of aliphatic hydroxyl groups excluding tert-OH is 1. The SMILES string of the molecule is COc1ccc(-c2c(Cl)cncc2Cl)c2c(C(N)=O)c(C(=O)N3CCNCC3CCCCO)oc12. The lowest BCUT2D eigenvalue weighted by Crippen LogP contribution is -2.53. The number of carbonyl (C=O) groups excluding carboxylic acids is 2. The number of furan rings is 1. The number of hydrogen-bond donors (Lipinski definition) is 3. The van der Waals surface area contributed by atoms with E-state index in [0.29, 0.717) is 54.7 Å². The largest absolute Gasteiger partial charge is 0.493 e. The molecule has 1 fully saturated rings. The van der Waals surface area contributed by atoms with Crippen molar-refractivity contribution in [3.8, 4) is 16.9 Å². The molecule has 1 unspecified atom stereocenters. The second-order valence-electron chi connectivity index (χ2n) is 8.24. The van der Waals surface area contributed by atoms with Crippen molar-refractivity contribution in [2.24, 2.45) is 5.73 Å². The molecule has 3 heterocycles. The molecule has 1 aromatic carbocycles. The molecule has 1 saturated heterocycles. The van der Waals surface area contributed by atoms with E-state index in [1.54, 1.807) is 17.0 Å². The van der Waals surface area contributed by atoms with Crippen LogP contribution in [0.4, 0.5) is 0 Å². The van der Waals surface area contributed by atoms with Crippen LogP contribution in [0.3, 0.4) is 0 Å². The summed E-state index contributed by atoms with van der Waals surface area (Å²) in [7, 11) is 1.46. The van der Waals surface area contributed by atoms with Crippen LogP contribution in [-0.2, 0) is 0 Å². The van der Waals surface area contributed by atoms with Crippen LogP contribution >= 0.6 is 23.2 Å². The highest BCUT2D eigenvalue weighted by Gasteiger charge is 2.35. The maximum absolute atomic E-state index is 13.8. The Morgan fingerprint density at radius 3 is 2.69 bits per heavy atom. The van der Waals surface area contributed by atoms with Crippen molar-refractivity contribution < 1.29 is 23.8 Å². The van der Waals surface area contributed by atoms with Gasteiger partial charge in [0.1, 0.15) is 0 Å². The first kappa shape index (κ1) is 25.2. The van der Waals surface area contributed by atoms with Crippen LogP contribution < -0.4 is 15.8 Å². The second-order valence-corrected chi connectivity index (χ2v) is 9.06. The maximum atomic E-state index is 13.8. The van der Waals surface area contributed by atoms with E-state index in [0.717, 1.165) is 6.42 Å². The number of nitrogens with two attached hydrogens (primary N) is 1. The number of fused-ring (bicyclic) bond motifs is 1. The zero-order valence-corrected chi connectivity index (χ0v) is 20.7. The molecule has 0 aliphatic carbocycles. The summed E-state index contributed by atoms with van der Waals surface area (Å²) in [4.78, 5) is 32.2. The summed E-state index contributed by atoms with van der Waals surface area (Å²) in [5.41, 5.74) is 6.84. The number of ether oxygens (including phenoxy) is 1. The lowest BCUT2D eigenvalue weighted by molar-refractivity contribution is 0.0586. The molecule has 2 aromatic heterocycles. The summed E-state index contributed by atoms with van der Waals surface area (Å²) in [6.45, 7) is 1.72. The van der Waals surface area contributed by atoms with Gasteiger partial charge in [-0.2, -0.15) is 0 Å². The van der Waals surface area contributed by atoms with Crippen LogP contribution in [-0.4, -0.2) is 66.2 Å². The fraction of sp³-hybridized carbons (Fsp3) is 0.375. The van der Waals surface area contributed by atoms with Crippen molar-refractivity contribution in [2.45, 2.75) is 25.3 Å². The summed E-state index contributed by atoms with van der Waals surface area (Å²) in [5.74, 6) is -1.10. The molecule has 1 aliphatic rings. The Morgan fingerprint density at radius 1 is 1.29 bits per heavy atom. The quantitative estimate of drug-likeness (QED) is 0.387. The number of nitrogens with zero attached hydrogens (tertiary/aromatic N) is 2. The summed E-state index contributed by atoms with van der Waals surface area (Å²) in [5, 5.41) is 13.2. The number of nitrogens with one attached hydrogen (secondary N) is 1. The van der Waals surface area contributed by atoms with Crippen LogP contribution in [0, 0.1) is 0 Å². The molecule has 1 atom stereocenters. The third-order valence-corrected chi connectivity index (χ3v) is 6.72. The molecule has 4 rings (SSSR count). The number of halogens is 2. The summed E-state index contributed by atoms with van der Waals surface area (Å²) in [6, 6.07) is 3.21. The second kappa shape index (κ2) is 10.8. The van der Waals surface area contributed by atoms with Crippen molar-refractivity contribution in [3.05, 3.63) is 45.9 Å². The molecule has 11 heteroatoms. The lowest BCUT2D eigenvalue weighted by atomic mass is 9.97. The molecule has 0 saturated carbocycles. The van der Waals surface area contributed by atoms with Crippen molar-refractivity contribution in [3.63, 3.8) is 0 Å². The molecule has 4 N–H and O–H groups in total. The van der Waals surface area contributed by atoms with E-state index in [4.69, 9.17) is 43.2 Å². The number of pyridine rings is 1. The van der Waals surface area contributed by atoms with Crippen LogP contribution in [0.5, 0.6) is 5.75 Å². The van der Waals surface area contributed by atoms with E-state index in [1.807, 2.05) is 0 Å². The number of carbonyl (C=O) groups is 2. The fourth-order valence-corrected chi connectivity index (χ4v) is 5.08. The average molecular weight is 521 g/mol. The van der Waals surface area contributed by atoms with Crippen molar-refractivity contribution in [1.82, 2.24) is 15.2 Å². The number of aliphatic hydroxyl groups is 1. The topological polar surface area (TPSA) is 131 Å². The van der Waals surface area contributed by atoms with Gasteiger partial charge < -0.3 is 30.2 Å². The monoisotopic (exact) mass is 520 g/mol. The zero-order valence-electron chi connectivity index (χ0n) is 19.1. The molecule has 2 amide bonds. The van der Waals surface area contributed by atoms with E-state index in [-0.39, 0.29) is 39.6 Å². The normalized spacial score (nSPS) is 16.0. The van der Waals surface area contributed by atoms with E-state index in [9.17, 15) is 9.59 Å². The molecule has 9 nitrogen and oxygen atoms in total. The molecular formula is C24H26Cl2N4O5. The molecule has 35 heavy (non-hydrogen) atoms.